The molecule has 2 amide bonds. The zero-order chi connectivity index (χ0) is 16.5. The summed E-state index contributed by atoms with van der Waals surface area (Å²) in [6.45, 7) is 1.76. The number of methoxy groups -OCH3 is 1. The first-order valence-electron chi connectivity index (χ1n) is 6.14. The Balaban J connectivity index is 4.43. The van der Waals surface area contributed by atoms with E-state index < -0.39 is 45.2 Å². The summed E-state index contributed by atoms with van der Waals surface area (Å²) in [7, 11) is -2.45. The van der Waals surface area contributed by atoms with E-state index in [2.05, 4.69) is 5.32 Å². The summed E-state index contributed by atoms with van der Waals surface area (Å²) >= 11 is 0. The number of sulfone groups is 1. The maximum absolute atomic E-state index is 11.7. The van der Waals surface area contributed by atoms with Gasteiger partial charge in [-0.2, -0.15) is 0 Å². The van der Waals surface area contributed by atoms with Gasteiger partial charge in [-0.25, -0.2) is 13.2 Å². The van der Waals surface area contributed by atoms with Crippen molar-refractivity contribution in [3.05, 3.63) is 0 Å². The van der Waals surface area contributed by atoms with Crippen molar-refractivity contribution >= 4 is 27.6 Å². The standard InChI is InChI=1S/C11H20N2O7S/c1-8(14)13-9(11(16)17)6-21(18,19)7-10(15)12-4-3-5-20-2/h9H,3-7H2,1-2H3,(H,12,15)(H,13,14)(H,16,17)/t9-/m0/s1. The first kappa shape index (κ1) is 19.3. The Morgan fingerprint density at radius 3 is 2.38 bits per heavy atom. The lowest BCUT2D eigenvalue weighted by Gasteiger charge is -2.13. The van der Waals surface area contributed by atoms with E-state index in [1.54, 1.807) is 0 Å². The van der Waals surface area contributed by atoms with Crippen molar-refractivity contribution in [3.8, 4) is 0 Å². The second-order valence-corrected chi connectivity index (χ2v) is 6.45. The number of carbonyl (C=O) groups excluding carboxylic acids is 2. The smallest absolute Gasteiger partial charge is 0.327 e. The highest BCUT2D eigenvalue weighted by Gasteiger charge is 2.27. The second kappa shape index (κ2) is 9.29. The van der Waals surface area contributed by atoms with E-state index in [1.165, 1.54) is 7.11 Å². The van der Waals surface area contributed by atoms with Gasteiger partial charge in [0.05, 0.1) is 5.75 Å². The Bertz CT molecular complexity index is 475. The summed E-state index contributed by atoms with van der Waals surface area (Å²) in [5.41, 5.74) is 0. The molecule has 0 heterocycles. The van der Waals surface area contributed by atoms with Crippen LogP contribution in [0.25, 0.3) is 0 Å². The van der Waals surface area contributed by atoms with E-state index >= 15 is 0 Å². The fraction of sp³-hybridized carbons (Fsp3) is 0.727. The van der Waals surface area contributed by atoms with Gasteiger partial charge >= 0.3 is 5.97 Å². The van der Waals surface area contributed by atoms with Crippen LogP contribution in [-0.2, 0) is 29.0 Å². The lowest BCUT2D eigenvalue weighted by molar-refractivity contribution is -0.140. The first-order valence-corrected chi connectivity index (χ1v) is 7.96. The highest BCUT2D eigenvalue weighted by molar-refractivity contribution is 7.92. The van der Waals surface area contributed by atoms with Gasteiger partial charge in [-0.3, -0.25) is 9.59 Å². The van der Waals surface area contributed by atoms with Crippen LogP contribution in [-0.4, -0.2) is 69.1 Å². The molecule has 0 spiro atoms. The summed E-state index contributed by atoms with van der Waals surface area (Å²) in [5, 5.41) is 13.2. The highest BCUT2D eigenvalue weighted by atomic mass is 32.2. The molecule has 0 bridgehead atoms. The number of hydrogen-bond donors (Lipinski definition) is 3. The minimum Gasteiger partial charge on any atom is -0.480 e. The highest BCUT2D eigenvalue weighted by Crippen LogP contribution is 1.97. The van der Waals surface area contributed by atoms with Crippen molar-refractivity contribution in [2.75, 3.05) is 31.8 Å². The first-order chi connectivity index (χ1) is 9.68. The van der Waals surface area contributed by atoms with Crippen molar-refractivity contribution in [2.24, 2.45) is 0 Å². The summed E-state index contributed by atoms with van der Waals surface area (Å²) in [6, 6.07) is -1.58. The molecular weight excluding hydrogens is 304 g/mol. The Morgan fingerprint density at radius 2 is 1.90 bits per heavy atom. The number of carboxylic acids is 1. The van der Waals surface area contributed by atoms with E-state index in [4.69, 9.17) is 9.84 Å². The lowest BCUT2D eigenvalue weighted by atomic mass is 10.3. The summed E-state index contributed by atoms with van der Waals surface area (Å²) < 4.78 is 28.2. The molecule has 0 aromatic carbocycles. The molecular formula is C11H20N2O7S. The SMILES string of the molecule is COCCCNC(=O)CS(=O)(=O)C[C@H](NC(C)=O)C(=O)O. The topological polar surface area (TPSA) is 139 Å². The third kappa shape index (κ3) is 9.79. The monoisotopic (exact) mass is 324 g/mol. The normalized spacial score (nSPS) is 12.5. The Hall–Kier alpha value is -1.68. The molecule has 0 unspecified atom stereocenters. The number of carbonyl (C=O) groups is 3. The summed E-state index contributed by atoms with van der Waals surface area (Å²) in [5.74, 6) is -4.54. The molecule has 0 aliphatic carbocycles. The Kier molecular flexibility index (Phi) is 8.55. The molecule has 21 heavy (non-hydrogen) atoms. The van der Waals surface area contributed by atoms with E-state index in [0.29, 0.717) is 13.0 Å². The van der Waals surface area contributed by atoms with E-state index in [1.807, 2.05) is 5.32 Å². The van der Waals surface area contributed by atoms with E-state index in [-0.39, 0.29) is 6.54 Å². The predicted molar refractivity (Wildman–Crippen MR) is 73.4 cm³/mol. The van der Waals surface area contributed by atoms with Gasteiger partial charge in [0.1, 0.15) is 11.8 Å². The quantitative estimate of drug-likeness (QED) is 0.401. The van der Waals surface area contributed by atoms with Gasteiger partial charge in [-0.05, 0) is 6.42 Å². The van der Waals surface area contributed by atoms with Crippen LogP contribution < -0.4 is 10.6 Å². The van der Waals surface area contributed by atoms with Crippen LogP contribution in [0.3, 0.4) is 0 Å². The van der Waals surface area contributed by atoms with Crippen molar-refractivity contribution in [3.63, 3.8) is 0 Å². The molecule has 0 radical (unpaired) electrons. The summed E-state index contributed by atoms with van der Waals surface area (Å²) in [4.78, 5) is 33.1. The zero-order valence-corrected chi connectivity index (χ0v) is 12.7. The Morgan fingerprint density at radius 1 is 1.29 bits per heavy atom. The second-order valence-electron chi connectivity index (χ2n) is 4.34. The molecule has 1 atom stereocenters. The number of carboxylic acid groups (broad SMARTS) is 1. The largest absolute Gasteiger partial charge is 0.480 e. The average Bonchev–Trinajstić information content (AvgIpc) is 2.32. The average molecular weight is 324 g/mol. The van der Waals surface area contributed by atoms with E-state index in [0.717, 1.165) is 6.92 Å². The maximum Gasteiger partial charge on any atom is 0.327 e. The molecule has 0 aliphatic heterocycles. The molecule has 9 nitrogen and oxygen atoms in total. The third-order valence-corrected chi connectivity index (χ3v) is 3.84. The predicted octanol–water partition coefficient (Wildman–Crippen LogP) is -1.86. The fourth-order valence-electron chi connectivity index (χ4n) is 1.43. The zero-order valence-electron chi connectivity index (χ0n) is 11.9. The molecule has 0 aliphatic rings. The van der Waals surface area contributed by atoms with Crippen LogP contribution in [0.4, 0.5) is 0 Å². The fourth-order valence-corrected chi connectivity index (χ4v) is 2.78. The number of ether oxygens (including phenoxy) is 1. The molecule has 10 heteroatoms. The van der Waals surface area contributed by atoms with Crippen molar-refractivity contribution in [1.82, 2.24) is 10.6 Å². The maximum atomic E-state index is 11.7. The number of rotatable bonds is 10. The van der Waals surface area contributed by atoms with Crippen LogP contribution in [0.2, 0.25) is 0 Å². The summed E-state index contributed by atoms with van der Waals surface area (Å²) in [6.07, 6.45) is 0.534. The van der Waals surface area contributed by atoms with Crippen LogP contribution >= 0.6 is 0 Å². The van der Waals surface area contributed by atoms with Gasteiger partial charge in [-0.1, -0.05) is 0 Å². The van der Waals surface area contributed by atoms with Gasteiger partial charge in [-0.15, -0.1) is 0 Å². The number of nitrogens with one attached hydrogen (secondary N) is 2. The molecule has 0 saturated heterocycles. The molecule has 0 fully saturated rings. The van der Waals surface area contributed by atoms with Crippen molar-refractivity contribution < 1.29 is 32.6 Å². The number of amides is 2. The molecule has 122 valence electrons. The Labute approximate surface area is 123 Å². The minimum atomic E-state index is -3.95. The number of hydrogen-bond acceptors (Lipinski definition) is 6. The van der Waals surface area contributed by atoms with Crippen molar-refractivity contribution in [2.45, 2.75) is 19.4 Å². The van der Waals surface area contributed by atoms with Gasteiger partial charge in [0.2, 0.25) is 11.8 Å². The van der Waals surface area contributed by atoms with Crippen LogP contribution in [0.15, 0.2) is 0 Å². The van der Waals surface area contributed by atoms with Crippen molar-refractivity contribution in [1.29, 1.82) is 0 Å². The number of aliphatic carboxylic acids is 1. The van der Waals surface area contributed by atoms with Crippen LogP contribution in [0.5, 0.6) is 0 Å². The van der Waals surface area contributed by atoms with Gasteiger partial charge in [0, 0.05) is 27.2 Å². The molecule has 3 N–H and O–H groups in total. The molecule has 0 saturated carbocycles. The minimum absolute atomic E-state index is 0.260. The molecule has 0 rings (SSSR count). The third-order valence-electron chi connectivity index (χ3n) is 2.29. The van der Waals surface area contributed by atoms with E-state index in [9.17, 15) is 22.8 Å². The van der Waals surface area contributed by atoms with Crippen LogP contribution in [0.1, 0.15) is 13.3 Å². The van der Waals surface area contributed by atoms with Gasteiger partial charge in [0.25, 0.3) is 0 Å². The van der Waals surface area contributed by atoms with Crippen LogP contribution in [0, 0.1) is 0 Å². The molecule has 0 aromatic heterocycles. The van der Waals surface area contributed by atoms with Gasteiger partial charge < -0.3 is 20.5 Å². The molecule has 0 aromatic rings. The van der Waals surface area contributed by atoms with Gasteiger partial charge in [0.15, 0.2) is 9.84 Å². The lowest BCUT2D eigenvalue weighted by Crippen LogP contribution is -2.46.